The predicted octanol–water partition coefficient (Wildman–Crippen LogP) is 4.68. The molecule has 0 saturated carbocycles. The van der Waals surface area contributed by atoms with Gasteiger partial charge in [-0.25, -0.2) is 4.99 Å². The molecule has 1 aliphatic heterocycles. The highest BCUT2D eigenvalue weighted by atomic mass is 35.5. The van der Waals surface area contributed by atoms with E-state index in [2.05, 4.69) is 34.9 Å². The first-order chi connectivity index (χ1) is 12.3. The number of aliphatic imine (C=N–C) groups is 1. The molecule has 3 nitrogen and oxygen atoms in total. The zero-order valence-corrected chi connectivity index (χ0v) is 14.3. The van der Waals surface area contributed by atoms with Crippen molar-refractivity contribution in [3.63, 3.8) is 0 Å². The van der Waals surface area contributed by atoms with E-state index in [1.54, 1.807) is 0 Å². The predicted molar refractivity (Wildman–Crippen MR) is 103 cm³/mol. The van der Waals surface area contributed by atoms with Gasteiger partial charge >= 0.3 is 0 Å². The number of amidine groups is 1. The summed E-state index contributed by atoms with van der Waals surface area (Å²) in [7, 11) is 0. The van der Waals surface area contributed by atoms with Gasteiger partial charge in [0.2, 0.25) is 0 Å². The lowest BCUT2D eigenvalue weighted by molar-refractivity contribution is 0.409. The minimum absolute atomic E-state index is 0.0297. The summed E-state index contributed by atoms with van der Waals surface area (Å²) < 4.78 is 0. The Balaban J connectivity index is 1.74. The van der Waals surface area contributed by atoms with Crippen molar-refractivity contribution in [1.82, 2.24) is 10.6 Å². The molecule has 2 N–H and O–H groups in total. The van der Waals surface area contributed by atoms with E-state index >= 15 is 0 Å². The lowest BCUT2D eigenvalue weighted by Crippen LogP contribution is -2.44. The molecule has 0 aromatic heterocycles. The monoisotopic (exact) mass is 347 g/mol. The van der Waals surface area contributed by atoms with E-state index in [0.717, 1.165) is 22.5 Å². The van der Waals surface area contributed by atoms with Gasteiger partial charge in [0.15, 0.2) is 0 Å². The van der Waals surface area contributed by atoms with Crippen molar-refractivity contribution >= 4 is 17.4 Å². The summed E-state index contributed by atoms with van der Waals surface area (Å²) in [4.78, 5) is 4.87. The lowest BCUT2D eigenvalue weighted by atomic mass is 10.1. The van der Waals surface area contributed by atoms with Crippen LogP contribution in [0.25, 0.3) is 0 Å². The molecule has 0 aliphatic carbocycles. The van der Waals surface area contributed by atoms with E-state index in [0.29, 0.717) is 5.02 Å². The average Bonchev–Trinajstić information content (AvgIpc) is 2.69. The van der Waals surface area contributed by atoms with Crippen LogP contribution >= 0.6 is 11.6 Å². The SMILES string of the molecule is Clc1cccc(C2N=C(c3ccccc3)NC(c3ccccc3)N2)c1. The molecule has 2 unspecified atom stereocenters. The van der Waals surface area contributed by atoms with Crippen LogP contribution in [0.2, 0.25) is 5.02 Å². The van der Waals surface area contributed by atoms with Crippen molar-refractivity contribution in [2.24, 2.45) is 4.99 Å². The van der Waals surface area contributed by atoms with Crippen LogP contribution in [0.5, 0.6) is 0 Å². The molecule has 1 heterocycles. The van der Waals surface area contributed by atoms with Crippen molar-refractivity contribution in [3.8, 4) is 0 Å². The van der Waals surface area contributed by atoms with Gasteiger partial charge < -0.3 is 5.32 Å². The van der Waals surface area contributed by atoms with Crippen LogP contribution < -0.4 is 10.6 Å². The molecule has 0 spiro atoms. The van der Waals surface area contributed by atoms with Gasteiger partial charge in [0.25, 0.3) is 0 Å². The molecule has 2 atom stereocenters. The second kappa shape index (κ2) is 7.09. The van der Waals surface area contributed by atoms with Crippen LogP contribution in [0.3, 0.4) is 0 Å². The Kier molecular flexibility index (Phi) is 4.51. The summed E-state index contributed by atoms with van der Waals surface area (Å²) in [6, 6.07) is 28.3. The number of benzene rings is 3. The fraction of sp³-hybridized carbons (Fsp3) is 0.0952. The molecular weight excluding hydrogens is 330 g/mol. The maximum absolute atomic E-state index is 6.18. The van der Waals surface area contributed by atoms with Crippen LogP contribution in [-0.4, -0.2) is 5.84 Å². The molecule has 0 amide bonds. The maximum atomic E-state index is 6.18. The Bertz CT molecular complexity index is 878. The molecule has 0 bridgehead atoms. The molecule has 3 aromatic carbocycles. The summed E-state index contributed by atoms with van der Waals surface area (Å²) >= 11 is 6.18. The Hall–Kier alpha value is -2.62. The third-order valence-corrected chi connectivity index (χ3v) is 4.44. The second-order valence-corrected chi connectivity index (χ2v) is 6.39. The number of nitrogens with one attached hydrogen (secondary N) is 2. The number of hydrogen-bond donors (Lipinski definition) is 2. The summed E-state index contributed by atoms with van der Waals surface area (Å²) in [5.41, 5.74) is 3.28. The van der Waals surface area contributed by atoms with Gasteiger partial charge in [-0.15, -0.1) is 0 Å². The van der Waals surface area contributed by atoms with Crippen molar-refractivity contribution < 1.29 is 0 Å². The highest BCUT2D eigenvalue weighted by molar-refractivity contribution is 6.30. The normalized spacial score (nSPS) is 19.8. The maximum Gasteiger partial charge on any atom is 0.131 e. The third kappa shape index (κ3) is 3.58. The smallest absolute Gasteiger partial charge is 0.131 e. The van der Waals surface area contributed by atoms with Gasteiger partial charge in [-0.2, -0.15) is 0 Å². The first-order valence-electron chi connectivity index (χ1n) is 8.26. The van der Waals surface area contributed by atoms with Gasteiger partial charge in [0.05, 0.1) is 0 Å². The van der Waals surface area contributed by atoms with Crippen molar-refractivity contribution in [2.75, 3.05) is 0 Å². The van der Waals surface area contributed by atoms with Crippen LogP contribution in [0.15, 0.2) is 89.9 Å². The molecule has 4 heteroatoms. The fourth-order valence-electron chi connectivity index (χ4n) is 2.97. The van der Waals surface area contributed by atoms with E-state index in [4.69, 9.17) is 16.6 Å². The second-order valence-electron chi connectivity index (χ2n) is 5.96. The molecule has 0 radical (unpaired) electrons. The Labute approximate surface area is 152 Å². The molecule has 1 aliphatic rings. The van der Waals surface area contributed by atoms with Crippen molar-refractivity contribution in [3.05, 3.63) is 107 Å². The molecular formula is C21H18ClN3. The lowest BCUT2D eigenvalue weighted by Gasteiger charge is -2.32. The molecule has 124 valence electrons. The third-order valence-electron chi connectivity index (χ3n) is 4.21. The summed E-state index contributed by atoms with van der Waals surface area (Å²) in [6.07, 6.45) is -0.196. The van der Waals surface area contributed by atoms with Gasteiger partial charge in [-0.3, -0.25) is 5.32 Å². The minimum Gasteiger partial charge on any atom is -0.350 e. The molecule has 0 fully saturated rings. The quantitative estimate of drug-likeness (QED) is 0.722. The van der Waals surface area contributed by atoms with E-state index in [9.17, 15) is 0 Å². The topological polar surface area (TPSA) is 36.4 Å². The van der Waals surface area contributed by atoms with Crippen LogP contribution in [0.1, 0.15) is 29.0 Å². The minimum atomic E-state index is -0.166. The summed E-state index contributed by atoms with van der Waals surface area (Å²) in [6.45, 7) is 0. The zero-order chi connectivity index (χ0) is 17.1. The van der Waals surface area contributed by atoms with E-state index < -0.39 is 0 Å². The molecule has 3 aromatic rings. The highest BCUT2D eigenvalue weighted by Crippen LogP contribution is 2.26. The van der Waals surface area contributed by atoms with E-state index in [1.807, 2.05) is 60.7 Å². The Morgan fingerprint density at radius 1 is 0.760 bits per heavy atom. The first kappa shape index (κ1) is 15.9. The largest absolute Gasteiger partial charge is 0.350 e. The highest BCUT2D eigenvalue weighted by Gasteiger charge is 2.25. The van der Waals surface area contributed by atoms with E-state index in [-0.39, 0.29) is 12.3 Å². The van der Waals surface area contributed by atoms with Crippen LogP contribution in [-0.2, 0) is 0 Å². The van der Waals surface area contributed by atoms with E-state index in [1.165, 1.54) is 0 Å². The number of halogens is 1. The van der Waals surface area contributed by atoms with Gasteiger partial charge in [-0.1, -0.05) is 84.4 Å². The average molecular weight is 348 g/mol. The van der Waals surface area contributed by atoms with Crippen LogP contribution in [0, 0.1) is 0 Å². The Morgan fingerprint density at radius 2 is 1.44 bits per heavy atom. The first-order valence-corrected chi connectivity index (χ1v) is 8.63. The van der Waals surface area contributed by atoms with Crippen LogP contribution in [0.4, 0.5) is 0 Å². The fourth-order valence-corrected chi connectivity index (χ4v) is 3.16. The summed E-state index contributed by atoms with van der Waals surface area (Å²) in [5.74, 6) is 0.873. The number of nitrogens with zero attached hydrogens (tertiary/aromatic N) is 1. The van der Waals surface area contributed by atoms with Crippen molar-refractivity contribution in [2.45, 2.75) is 12.3 Å². The molecule has 4 rings (SSSR count). The zero-order valence-electron chi connectivity index (χ0n) is 13.6. The van der Waals surface area contributed by atoms with Gasteiger partial charge in [-0.05, 0) is 23.3 Å². The number of hydrogen-bond acceptors (Lipinski definition) is 3. The molecule has 25 heavy (non-hydrogen) atoms. The summed E-state index contributed by atoms with van der Waals surface area (Å²) in [5, 5.41) is 7.78. The Morgan fingerprint density at radius 3 is 2.16 bits per heavy atom. The standard InChI is InChI=1S/C21H18ClN3/c22-18-13-7-12-17(14-18)21-24-19(15-8-3-1-4-9-15)23-20(25-21)16-10-5-2-6-11-16/h1-14,19,21,24H,(H,23,25). The van der Waals surface area contributed by atoms with Gasteiger partial charge in [0.1, 0.15) is 18.2 Å². The number of rotatable bonds is 3. The molecule has 0 saturated heterocycles. The van der Waals surface area contributed by atoms with Crippen molar-refractivity contribution in [1.29, 1.82) is 0 Å². The van der Waals surface area contributed by atoms with Gasteiger partial charge in [0, 0.05) is 10.6 Å².